The molecule has 1 aliphatic rings. The molecule has 1 fully saturated rings. The van der Waals surface area contributed by atoms with Gasteiger partial charge in [-0.25, -0.2) is 0 Å². The van der Waals surface area contributed by atoms with Gasteiger partial charge in [-0.2, -0.15) is 0 Å². The number of benzene rings is 2. The van der Waals surface area contributed by atoms with Crippen molar-refractivity contribution < 1.29 is 14.3 Å². The molecule has 3 aromatic rings. The Labute approximate surface area is 194 Å². The van der Waals surface area contributed by atoms with Gasteiger partial charge in [-0.1, -0.05) is 30.3 Å². The fourth-order valence-electron chi connectivity index (χ4n) is 4.27. The summed E-state index contributed by atoms with van der Waals surface area (Å²) in [5.41, 5.74) is 4.55. The predicted molar refractivity (Wildman–Crippen MR) is 129 cm³/mol. The number of methoxy groups -OCH3 is 1. The van der Waals surface area contributed by atoms with Gasteiger partial charge in [0.2, 0.25) is 11.8 Å². The van der Waals surface area contributed by atoms with Crippen LogP contribution in [-0.2, 0) is 16.0 Å². The monoisotopic (exact) mass is 443 g/mol. The Hall–Kier alpha value is -3.67. The van der Waals surface area contributed by atoms with Gasteiger partial charge < -0.3 is 15.0 Å². The molecule has 33 heavy (non-hydrogen) atoms. The third-order valence-corrected chi connectivity index (χ3v) is 5.96. The maximum atomic E-state index is 13.0. The van der Waals surface area contributed by atoms with E-state index < -0.39 is 0 Å². The Morgan fingerprint density at radius 2 is 1.88 bits per heavy atom. The second kappa shape index (κ2) is 10.3. The molecule has 6 heteroatoms. The molecule has 1 atom stereocenters. The van der Waals surface area contributed by atoms with Gasteiger partial charge in [0.15, 0.2) is 0 Å². The predicted octanol–water partition coefficient (Wildman–Crippen LogP) is 4.66. The molecular formula is C27H29N3O3. The van der Waals surface area contributed by atoms with Crippen molar-refractivity contribution in [2.45, 2.75) is 32.1 Å². The van der Waals surface area contributed by atoms with Crippen LogP contribution in [0, 0.1) is 0 Å². The lowest BCUT2D eigenvalue weighted by molar-refractivity contribution is -0.131. The van der Waals surface area contributed by atoms with E-state index >= 15 is 0 Å². The summed E-state index contributed by atoms with van der Waals surface area (Å²) >= 11 is 0. The number of rotatable bonds is 6. The first-order valence-electron chi connectivity index (χ1n) is 11.3. The van der Waals surface area contributed by atoms with E-state index in [1.54, 1.807) is 7.11 Å². The summed E-state index contributed by atoms with van der Waals surface area (Å²) in [5.74, 6) is 1.04. The highest BCUT2D eigenvalue weighted by Gasteiger charge is 2.26. The highest BCUT2D eigenvalue weighted by atomic mass is 16.5. The fourth-order valence-corrected chi connectivity index (χ4v) is 4.27. The first kappa shape index (κ1) is 22.5. The van der Waals surface area contributed by atoms with Gasteiger partial charge in [0, 0.05) is 42.9 Å². The molecule has 4 rings (SSSR count). The number of pyridine rings is 1. The van der Waals surface area contributed by atoms with Crippen molar-refractivity contribution in [1.29, 1.82) is 0 Å². The third kappa shape index (κ3) is 5.77. The molecule has 1 N–H and O–H groups in total. The van der Waals surface area contributed by atoms with Crippen molar-refractivity contribution in [2.75, 3.05) is 25.5 Å². The lowest BCUT2D eigenvalue weighted by atomic mass is 9.93. The molecule has 0 bridgehead atoms. The zero-order valence-electron chi connectivity index (χ0n) is 19.1. The topological polar surface area (TPSA) is 71.5 Å². The minimum atomic E-state index is -0.101. The van der Waals surface area contributed by atoms with Crippen LogP contribution in [0.15, 0.2) is 66.7 Å². The molecule has 0 saturated carbocycles. The molecule has 2 heterocycles. The van der Waals surface area contributed by atoms with E-state index in [-0.39, 0.29) is 17.7 Å². The van der Waals surface area contributed by atoms with E-state index in [1.807, 2.05) is 71.6 Å². The molecule has 1 aromatic heterocycles. The zero-order chi connectivity index (χ0) is 23.2. The summed E-state index contributed by atoms with van der Waals surface area (Å²) in [6.45, 7) is 2.96. The van der Waals surface area contributed by atoms with Crippen molar-refractivity contribution in [1.82, 2.24) is 9.88 Å². The molecule has 0 spiro atoms. The van der Waals surface area contributed by atoms with E-state index in [9.17, 15) is 9.59 Å². The van der Waals surface area contributed by atoms with Crippen LogP contribution in [0.25, 0.3) is 11.3 Å². The quantitative estimate of drug-likeness (QED) is 0.601. The standard InChI is InChI=1S/C27H29N3O3/c1-19(31)28-23-8-3-6-21(17-23)25-9-4-10-26(29-25)22-7-5-15-30(18-22)27(32)16-20-11-13-24(33-2)14-12-20/h3-4,6,8-14,17,22H,5,7,15-16,18H2,1-2H3,(H,28,31). The van der Waals surface area contributed by atoms with Crippen LogP contribution in [0.5, 0.6) is 5.75 Å². The number of hydrogen-bond donors (Lipinski definition) is 1. The smallest absolute Gasteiger partial charge is 0.227 e. The minimum Gasteiger partial charge on any atom is -0.497 e. The number of likely N-dealkylation sites (tertiary alicyclic amines) is 1. The van der Waals surface area contributed by atoms with Crippen molar-refractivity contribution in [3.05, 3.63) is 78.0 Å². The summed E-state index contributed by atoms with van der Waals surface area (Å²) < 4.78 is 5.20. The largest absolute Gasteiger partial charge is 0.497 e. The number of carbonyl (C=O) groups excluding carboxylic acids is 2. The number of hydrogen-bond acceptors (Lipinski definition) is 4. The first-order valence-corrected chi connectivity index (χ1v) is 11.3. The number of nitrogens with zero attached hydrogens (tertiary/aromatic N) is 2. The normalized spacial score (nSPS) is 15.7. The van der Waals surface area contributed by atoms with Crippen molar-refractivity contribution >= 4 is 17.5 Å². The van der Waals surface area contributed by atoms with Crippen molar-refractivity contribution in [3.63, 3.8) is 0 Å². The third-order valence-electron chi connectivity index (χ3n) is 5.96. The Kier molecular flexibility index (Phi) is 7.03. The fraction of sp³-hybridized carbons (Fsp3) is 0.296. The molecule has 1 unspecified atom stereocenters. The average molecular weight is 444 g/mol. The van der Waals surface area contributed by atoms with Gasteiger partial charge in [-0.3, -0.25) is 14.6 Å². The molecular weight excluding hydrogens is 414 g/mol. The Balaban J connectivity index is 1.46. The summed E-state index contributed by atoms with van der Waals surface area (Å²) in [6.07, 6.45) is 2.36. The van der Waals surface area contributed by atoms with Crippen LogP contribution < -0.4 is 10.1 Å². The number of aromatic nitrogens is 1. The molecule has 0 aliphatic carbocycles. The lowest BCUT2D eigenvalue weighted by Crippen LogP contribution is -2.40. The molecule has 2 amide bonds. The number of ether oxygens (including phenoxy) is 1. The Morgan fingerprint density at radius 3 is 2.64 bits per heavy atom. The average Bonchev–Trinajstić information content (AvgIpc) is 2.84. The molecule has 0 radical (unpaired) electrons. The van der Waals surface area contributed by atoms with Gasteiger partial charge in [-0.05, 0) is 54.8 Å². The van der Waals surface area contributed by atoms with Crippen molar-refractivity contribution in [2.24, 2.45) is 0 Å². The highest BCUT2D eigenvalue weighted by Crippen LogP contribution is 2.29. The summed E-state index contributed by atoms with van der Waals surface area (Å²) in [5, 5.41) is 2.82. The SMILES string of the molecule is COc1ccc(CC(=O)N2CCCC(c3cccc(-c4cccc(NC(C)=O)c4)n3)C2)cc1. The van der Waals surface area contributed by atoms with Crippen LogP contribution in [0.4, 0.5) is 5.69 Å². The molecule has 170 valence electrons. The van der Waals surface area contributed by atoms with E-state index in [4.69, 9.17) is 9.72 Å². The minimum absolute atomic E-state index is 0.101. The van der Waals surface area contributed by atoms with Crippen LogP contribution in [0.2, 0.25) is 0 Å². The van der Waals surface area contributed by atoms with Gasteiger partial charge in [0.25, 0.3) is 0 Å². The lowest BCUT2D eigenvalue weighted by Gasteiger charge is -2.32. The second-order valence-electron chi connectivity index (χ2n) is 8.41. The van der Waals surface area contributed by atoms with Gasteiger partial charge >= 0.3 is 0 Å². The van der Waals surface area contributed by atoms with Crippen LogP contribution in [0.3, 0.4) is 0 Å². The Morgan fingerprint density at radius 1 is 1.09 bits per heavy atom. The zero-order valence-corrected chi connectivity index (χ0v) is 19.1. The van der Waals surface area contributed by atoms with E-state index in [2.05, 4.69) is 5.32 Å². The van der Waals surface area contributed by atoms with E-state index in [0.717, 1.165) is 53.3 Å². The molecule has 2 aromatic carbocycles. The first-order chi connectivity index (χ1) is 16.0. The number of carbonyl (C=O) groups is 2. The van der Waals surface area contributed by atoms with Crippen LogP contribution >= 0.6 is 0 Å². The second-order valence-corrected chi connectivity index (χ2v) is 8.41. The van der Waals surface area contributed by atoms with Crippen molar-refractivity contribution in [3.8, 4) is 17.0 Å². The van der Waals surface area contributed by atoms with E-state index in [1.165, 1.54) is 6.92 Å². The van der Waals surface area contributed by atoms with E-state index in [0.29, 0.717) is 13.0 Å². The summed E-state index contributed by atoms with van der Waals surface area (Å²) in [7, 11) is 1.64. The Bertz CT molecular complexity index is 1130. The van der Waals surface area contributed by atoms with Gasteiger partial charge in [-0.15, -0.1) is 0 Å². The van der Waals surface area contributed by atoms with Crippen LogP contribution in [-0.4, -0.2) is 41.9 Å². The van der Waals surface area contributed by atoms with Gasteiger partial charge in [0.05, 0.1) is 19.2 Å². The van der Waals surface area contributed by atoms with Gasteiger partial charge in [0.1, 0.15) is 5.75 Å². The highest BCUT2D eigenvalue weighted by molar-refractivity contribution is 5.89. The number of anilines is 1. The summed E-state index contributed by atoms with van der Waals surface area (Å²) in [4.78, 5) is 31.2. The molecule has 1 saturated heterocycles. The number of piperidine rings is 1. The number of amides is 2. The number of nitrogens with one attached hydrogen (secondary N) is 1. The van der Waals surface area contributed by atoms with Crippen LogP contribution in [0.1, 0.15) is 36.9 Å². The molecule has 1 aliphatic heterocycles. The summed E-state index contributed by atoms with van der Waals surface area (Å²) in [6, 6.07) is 21.4. The molecule has 6 nitrogen and oxygen atoms in total. The maximum absolute atomic E-state index is 13.0. The maximum Gasteiger partial charge on any atom is 0.227 e.